The number of imide groups is 1. The van der Waals surface area contributed by atoms with E-state index in [0.717, 1.165) is 9.37 Å². The number of carbonyl (C=O) groups excluding carboxylic acids is 3. The van der Waals surface area contributed by atoms with Crippen LogP contribution in [0, 0.1) is 0 Å². The molecule has 0 fully saturated rings. The Balaban J connectivity index is 1.43. The van der Waals surface area contributed by atoms with Crippen LogP contribution in [-0.4, -0.2) is 42.4 Å². The van der Waals surface area contributed by atoms with Crippen LogP contribution in [0.15, 0.2) is 40.9 Å². The summed E-state index contributed by atoms with van der Waals surface area (Å²) in [6.07, 6.45) is 0.316. The van der Waals surface area contributed by atoms with E-state index >= 15 is 0 Å². The summed E-state index contributed by atoms with van der Waals surface area (Å²) < 4.78 is 11.1. The van der Waals surface area contributed by atoms with Crippen LogP contribution >= 0.6 is 39.1 Å². The lowest BCUT2D eigenvalue weighted by atomic mass is 10.1. The molecule has 0 bridgehead atoms. The third kappa shape index (κ3) is 4.66. The molecule has 1 aliphatic heterocycles. The number of benzene rings is 2. The molecule has 0 unspecified atom stereocenters. The molecule has 0 N–H and O–H groups in total. The molecular weight excluding hydrogens is 473 g/mol. The number of halogens is 3. The van der Waals surface area contributed by atoms with Crippen molar-refractivity contribution in [2.45, 2.75) is 6.42 Å². The maximum Gasteiger partial charge on any atom is 0.344 e. The number of rotatable bonds is 7. The van der Waals surface area contributed by atoms with Gasteiger partial charge in [0.15, 0.2) is 6.61 Å². The monoisotopic (exact) mass is 485 g/mol. The topological polar surface area (TPSA) is 72.9 Å². The molecule has 0 radical (unpaired) electrons. The van der Waals surface area contributed by atoms with Crippen molar-refractivity contribution in [3.05, 3.63) is 62.0 Å². The van der Waals surface area contributed by atoms with E-state index in [1.807, 2.05) is 0 Å². The number of fused-ring (bicyclic) bond motifs is 1. The summed E-state index contributed by atoms with van der Waals surface area (Å²) in [5.41, 5.74) is 0.736. The van der Waals surface area contributed by atoms with Gasteiger partial charge in [-0.25, -0.2) is 4.79 Å². The van der Waals surface area contributed by atoms with E-state index in [2.05, 4.69) is 15.9 Å². The molecule has 9 heteroatoms. The summed E-state index contributed by atoms with van der Waals surface area (Å²) in [6.45, 7) is -0.137. The molecule has 6 nitrogen and oxygen atoms in total. The van der Waals surface area contributed by atoms with Crippen molar-refractivity contribution in [3.63, 3.8) is 0 Å². The first-order chi connectivity index (χ1) is 13.4. The summed E-state index contributed by atoms with van der Waals surface area (Å²) in [7, 11) is 0. The van der Waals surface area contributed by atoms with E-state index in [1.165, 1.54) is 6.07 Å². The van der Waals surface area contributed by atoms with Gasteiger partial charge in [0.2, 0.25) is 0 Å². The maximum absolute atomic E-state index is 12.3. The Hall–Kier alpha value is -2.09. The first-order valence-corrected chi connectivity index (χ1v) is 9.81. The lowest BCUT2D eigenvalue weighted by Gasteiger charge is -2.13. The molecule has 1 heterocycles. The lowest BCUT2D eigenvalue weighted by molar-refractivity contribution is -0.146. The average molecular weight is 487 g/mol. The number of carbonyl (C=O) groups is 3. The summed E-state index contributed by atoms with van der Waals surface area (Å²) >= 11 is 15.1. The maximum atomic E-state index is 12.3. The Labute approximate surface area is 179 Å². The summed E-state index contributed by atoms with van der Waals surface area (Å²) in [6, 6.07) is 9.60. The van der Waals surface area contributed by atoms with Gasteiger partial charge < -0.3 is 9.47 Å². The van der Waals surface area contributed by atoms with Gasteiger partial charge >= 0.3 is 5.97 Å². The molecule has 0 aliphatic carbocycles. The second-order valence-electron chi connectivity index (χ2n) is 5.89. The summed E-state index contributed by atoms with van der Waals surface area (Å²) in [4.78, 5) is 37.6. The quantitative estimate of drug-likeness (QED) is 0.330. The van der Waals surface area contributed by atoms with E-state index in [-0.39, 0.29) is 37.3 Å². The molecule has 146 valence electrons. The van der Waals surface area contributed by atoms with Gasteiger partial charge in [-0.2, -0.15) is 0 Å². The van der Waals surface area contributed by atoms with E-state index < -0.39 is 5.97 Å². The fourth-order valence-electron chi connectivity index (χ4n) is 2.64. The van der Waals surface area contributed by atoms with Gasteiger partial charge in [0.1, 0.15) is 5.75 Å². The zero-order valence-corrected chi connectivity index (χ0v) is 17.5. The Morgan fingerprint density at radius 2 is 1.79 bits per heavy atom. The van der Waals surface area contributed by atoms with Gasteiger partial charge in [0, 0.05) is 22.1 Å². The van der Waals surface area contributed by atoms with Crippen LogP contribution in [0.5, 0.6) is 5.75 Å². The largest absolute Gasteiger partial charge is 0.480 e. The van der Waals surface area contributed by atoms with E-state index in [4.69, 9.17) is 32.7 Å². The highest BCUT2D eigenvalue weighted by molar-refractivity contribution is 9.10. The molecule has 1 aliphatic rings. The van der Waals surface area contributed by atoms with Crippen molar-refractivity contribution in [1.82, 2.24) is 4.90 Å². The normalized spacial score (nSPS) is 12.9. The van der Waals surface area contributed by atoms with Crippen LogP contribution in [-0.2, 0) is 9.53 Å². The third-order valence-corrected chi connectivity index (χ3v) is 5.00. The fraction of sp³-hybridized carbons (Fsp3) is 0.211. The van der Waals surface area contributed by atoms with Crippen LogP contribution in [0.2, 0.25) is 10.0 Å². The standard InChI is InChI=1S/C19H14BrCl2NO5/c20-11-2-4-13-14(8-11)19(26)23(18(13)25)6-1-7-27-17(24)10-28-16-9-12(21)3-5-15(16)22/h2-5,8-9H,1,6-7,10H2. The third-order valence-electron chi connectivity index (χ3n) is 3.96. The number of esters is 1. The van der Waals surface area contributed by atoms with Crippen molar-refractivity contribution in [1.29, 1.82) is 0 Å². The van der Waals surface area contributed by atoms with E-state index in [0.29, 0.717) is 27.6 Å². The van der Waals surface area contributed by atoms with Crippen molar-refractivity contribution in [2.24, 2.45) is 0 Å². The number of hydrogen-bond donors (Lipinski definition) is 0. The van der Waals surface area contributed by atoms with Gasteiger partial charge in [-0.05, 0) is 36.8 Å². The Morgan fingerprint density at radius 3 is 2.57 bits per heavy atom. The number of hydrogen-bond acceptors (Lipinski definition) is 5. The molecule has 28 heavy (non-hydrogen) atoms. The molecule has 3 rings (SSSR count). The highest BCUT2D eigenvalue weighted by Crippen LogP contribution is 2.28. The van der Waals surface area contributed by atoms with Gasteiger partial charge in [-0.1, -0.05) is 39.1 Å². The molecule has 0 spiro atoms. The molecule has 2 amide bonds. The predicted octanol–water partition coefficient (Wildman–Crippen LogP) is 4.36. The minimum Gasteiger partial charge on any atom is -0.480 e. The fourth-order valence-corrected chi connectivity index (χ4v) is 3.34. The minimum atomic E-state index is -0.595. The molecule has 0 saturated heterocycles. The van der Waals surface area contributed by atoms with Crippen molar-refractivity contribution >= 4 is 56.9 Å². The minimum absolute atomic E-state index is 0.0442. The van der Waals surface area contributed by atoms with Crippen LogP contribution in [0.25, 0.3) is 0 Å². The molecular formula is C19H14BrCl2NO5. The zero-order chi connectivity index (χ0) is 20.3. The van der Waals surface area contributed by atoms with Crippen LogP contribution in [0.1, 0.15) is 27.1 Å². The van der Waals surface area contributed by atoms with Gasteiger partial charge in [0.25, 0.3) is 11.8 Å². The predicted molar refractivity (Wildman–Crippen MR) is 107 cm³/mol. The second-order valence-corrected chi connectivity index (χ2v) is 7.65. The molecule has 0 atom stereocenters. The number of ether oxygens (including phenoxy) is 2. The number of amides is 2. The molecule has 2 aromatic carbocycles. The smallest absolute Gasteiger partial charge is 0.344 e. The summed E-state index contributed by atoms with van der Waals surface area (Å²) in [5.74, 6) is -1.02. The Morgan fingerprint density at radius 1 is 1.04 bits per heavy atom. The Kier molecular flexibility index (Phi) is 6.59. The highest BCUT2D eigenvalue weighted by Gasteiger charge is 2.35. The summed E-state index contributed by atoms with van der Waals surface area (Å²) in [5, 5.41) is 0.759. The van der Waals surface area contributed by atoms with Crippen molar-refractivity contribution in [3.8, 4) is 5.75 Å². The van der Waals surface area contributed by atoms with Gasteiger partial charge in [0.05, 0.1) is 22.8 Å². The van der Waals surface area contributed by atoms with Crippen molar-refractivity contribution < 1.29 is 23.9 Å². The average Bonchev–Trinajstić information content (AvgIpc) is 2.89. The van der Waals surface area contributed by atoms with Crippen LogP contribution in [0.3, 0.4) is 0 Å². The van der Waals surface area contributed by atoms with Crippen LogP contribution in [0.4, 0.5) is 0 Å². The van der Waals surface area contributed by atoms with Gasteiger partial charge in [-0.15, -0.1) is 0 Å². The zero-order valence-electron chi connectivity index (χ0n) is 14.4. The first kappa shape index (κ1) is 20.6. The molecule has 2 aromatic rings. The highest BCUT2D eigenvalue weighted by atomic mass is 79.9. The SMILES string of the molecule is O=C(COc1cc(Cl)ccc1Cl)OCCCN1C(=O)c2ccc(Br)cc2C1=O. The lowest BCUT2D eigenvalue weighted by Crippen LogP contribution is -2.31. The van der Waals surface area contributed by atoms with Crippen LogP contribution < -0.4 is 4.74 Å². The molecule has 0 aromatic heterocycles. The Bertz CT molecular complexity index is 950. The first-order valence-electron chi connectivity index (χ1n) is 8.26. The van der Waals surface area contributed by atoms with Crippen molar-refractivity contribution in [2.75, 3.05) is 19.8 Å². The second kappa shape index (κ2) is 8.94. The van der Waals surface area contributed by atoms with Gasteiger partial charge in [-0.3, -0.25) is 14.5 Å². The van der Waals surface area contributed by atoms with E-state index in [1.54, 1.807) is 30.3 Å². The molecule has 0 saturated carbocycles. The number of nitrogens with zero attached hydrogens (tertiary/aromatic N) is 1. The van der Waals surface area contributed by atoms with E-state index in [9.17, 15) is 14.4 Å².